The Hall–Kier alpha value is -2.20. The minimum Gasteiger partial charge on any atom is -0.459 e. The second-order valence-electron chi connectivity index (χ2n) is 6.46. The Balaban J connectivity index is 1.73. The van der Waals surface area contributed by atoms with Crippen molar-refractivity contribution in [3.63, 3.8) is 0 Å². The molecule has 1 aromatic carbocycles. The zero-order valence-corrected chi connectivity index (χ0v) is 16.0. The molecule has 6 nitrogen and oxygen atoms in total. The molecule has 2 aromatic rings. The average Bonchev–Trinajstić information content (AvgIpc) is 2.68. The molecule has 1 unspecified atom stereocenters. The quantitative estimate of drug-likeness (QED) is 0.749. The van der Waals surface area contributed by atoms with Crippen LogP contribution in [0.4, 0.5) is 13.2 Å². The third-order valence-corrected chi connectivity index (χ3v) is 6.39. The molecule has 0 saturated carbocycles. The highest BCUT2D eigenvalue weighted by Gasteiger charge is 2.34. The number of sulfonamides is 1. The first-order chi connectivity index (χ1) is 13.2. The van der Waals surface area contributed by atoms with Crippen molar-refractivity contribution in [3.05, 3.63) is 47.8 Å². The molecule has 1 aromatic heterocycles. The summed E-state index contributed by atoms with van der Waals surface area (Å²) in [6, 6.07) is 7.00. The fourth-order valence-electron chi connectivity index (χ4n) is 2.97. The zero-order chi connectivity index (χ0) is 20.4. The fraction of sp³-hybridized carbons (Fsp3) is 0.444. The van der Waals surface area contributed by atoms with E-state index >= 15 is 0 Å². The largest absolute Gasteiger partial charge is 0.459 e. The Morgan fingerprint density at radius 1 is 1.21 bits per heavy atom. The second-order valence-corrected chi connectivity index (χ2v) is 8.40. The average molecular weight is 415 g/mol. The van der Waals surface area contributed by atoms with Gasteiger partial charge in [-0.3, -0.25) is 0 Å². The van der Waals surface area contributed by atoms with Gasteiger partial charge in [-0.1, -0.05) is 19.1 Å². The van der Waals surface area contributed by atoms with Gasteiger partial charge < -0.3 is 4.74 Å². The standard InChI is InChI=1S/C18H20F3N3O3S/c1-2-13-5-7-15(8-6-13)28(25,26)24-11-3-4-14(12-24)27-17-22-10-9-16(23-17)18(19,20)21/h5-10,14H,2-4,11-12H2,1H3. The molecule has 28 heavy (non-hydrogen) atoms. The van der Waals surface area contributed by atoms with E-state index in [0.717, 1.165) is 24.2 Å². The minimum atomic E-state index is -4.60. The SMILES string of the molecule is CCc1ccc(S(=O)(=O)N2CCCC(Oc3nccc(C(F)(F)F)n3)C2)cc1. The molecule has 0 spiro atoms. The molecule has 10 heteroatoms. The zero-order valence-electron chi connectivity index (χ0n) is 15.2. The summed E-state index contributed by atoms with van der Waals surface area (Å²) in [6.07, 6.45) is -2.43. The van der Waals surface area contributed by atoms with E-state index in [9.17, 15) is 21.6 Å². The van der Waals surface area contributed by atoms with E-state index in [1.807, 2.05) is 6.92 Å². The normalized spacial score (nSPS) is 18.8. The van der Waals surface area contributed by atoms with Crippen LogP contribution in [0, 0.1) is 0 Å². The highest BCUT2D eigenvalue weighted by molar-refractivity contribution is 7.89. The van der Waals surface area contributed by atoms with Gasteiger partial charge in [-0.2, -0.15) is 22.5 Å². The summed E-state index contributed by atoms with van der Waals surface area (Å²) in [7, 11) is -3.71. The molecule has 1 saturated heterocycles. The number of aryl methyl sites for hydroxylation is 1. The number of alkyl halides is 3. The van der Waals surface area contributed by atoms with E-state index in [-0.39, 0.29) is 11.4 Å². The van der Waals surface area contributed by atoms with Gasteiger partial charge in [-0.05, 0) is 43.0 Å². The number of rotatable bonds is 5. The van der Waals surface area contributed by atoms with Gasteiger partial charge in [0.2, 0.25) is 10.0 Å². The van der Waals surface area contributed by atoms with Crippen LogP contribution >= 0.6 is 0 Å². The van der Waals surface area contributed by atoms with Crippen molar-refractivity contribution in [1.29, 1.82) is 0 Å². The summed E-state index contributed by atoms with van der Waals surface area (Å²) in [4.78, 5) is 7.27. The van der Waals surface area contributed by atoms with Crippen molar-refractivity contribution in [2.45, 2.75) is 43.4 Å². The van der Waals surface area contributed by atoms with Gasteiger partial charge in [0, 0.05) is 12.7 Å². The number of benzene rings is 1. The molecule has 152 valence electrons. The van der Waals surface area contributed by atoms with Crippen molar-refractivity contribution in [2.24, 2.45) is 0 Å². The molecule has 0 aliphatic carbocycles. The Morgan fingerprint density at radius 2 is 1.93 bits per heavy atom. The molecule has 3 rings (SSSR count). The molecular weight excluding hydrogens is 395 g/mol. The Labute approximate surface area is 161 Å². The lowest BCUT2D eigenvalue weighted by atomic mass is 10.1. The number of halogens is 3. The van der Waals surface area contributed by atoms with E-state index in [1.165, 1.54) is 4.31 Å². The molecule has 2 heterocycles. The second kappa shape index (κ2) is 8.04. The maximum atomic E-state index is 12.9. The van der Waals surface area contributed by atoms with Crippen molar-refractivity contribution in [1.82, 2.24) is 14.3 Å². The number of piperidine rings is 1. The summed E-state index contributed by atoms with van der Waals surface area (Å²) < 4.78 is 70.8. The van der Waals surface area contributed by atoms with E-state index in [4.69, 9.17) is 4.74 Å². The van der Waals surface area contributed by atoms with E-state index in [1.54, 1.807) is 24.3 Å². The monoisotopic (exact) mass is 415 g/mol. The lowest BCUT2D eigenvalue weighted by Gasteiger charge is -2.31. The van der Waals surface area contributed by atoms with Crippen molar-refractivity contribution in [3.8, 4) is 6.01 Å². The smallest absolute Gasteiger partial charge is 0.433 e. The van der Waals surface area contributed by atoms with Crippen LogP contribution in [-0.2, 0) is 22.6 Å². The third kappa shape index (κ3) is 4.61. The molecule has 1 aliphatic rings. The number of hydrogen-bond acceptors (Lipinski definition) is 5. The van der Waals surface area contributed by atoms with Gasteiger partial charge in [0.15, 0.2) is 5.69 Å². The van der Waals surface area contributed by atoms with Crippen molar-refractivity contribution < 1.29 is 26.3 Å². The van der Waals surface area contributed by atoms with Gasteiger partial charge >= 0.3 is 12.2 Å². The molecule has 0 bridgehead atoms. The summed E-state index contributed by atoms with van der Waals surface area (Å²) in [5.74, 6) is 0. The lowest BCUT2D eigenvalue weighted by Crippen LogP contribution is -2.44. The summed E-state index contributed by atoms with van der Waals surface area (Å²) in [5, 5.41) is 0. The van der Waals surface area contributed by atoms with Gasteiger partial charge in [-0.15, -0.1) is 0 Å². The molecule has 1 aliphatic heterocycles. The molecule has 0 N–H and O–H groups in total. The van der Waals surface area contributed by atoms with Crippen LogP contribution in [0.1, 0.15) is 31.0 Å². The fourth-order valence-corrected chi connectivity index (χ4v) is 4.48. The lowest BCUT2D eigenvalue weighted by molar-refractivity contribution is -0.141. The predicted molar refractivity (Wildman–Crippen MR) is 95.3 cm³/mol. The summed E-state index contributed by atoms with van der Waals surface area (Å²) in [5.41, 5.74) is -0.0747. The van der Waals surface area contributed by atoms with E-state index in [2.05, 4.69) is 9.97 Å². The number of nitrogens with zero attached hydrogens (tertiary/aromatic N) is 3. The summed E-state index contributed by atoms with van der Waals surface area (Å²) in [6.45, 7) is 2.32. The van der Waals surface area contributed by atoms with Gasteiger partial charge in [-0.25, -0.2) is 13.4 Å². The molecule has 1 atom stereocenters. The Kier molecular flexibility index (Phi) is 5.90. The van der Waals surface area contributed by atoms with Crippen LogP contribution < -0.4 is 4.74 Å². The molecule has 0 amide bonds. The Morgan fingerprint density at radius 3 is 2.57 bits per heavy atom. The van der Waals surface area contributed by atoms with E-state index < -0.39 is 34.0 Å². The number of aromatic nitrogens is 2. The first-order valence-electron chi connectivity index (χ1n) is 8.86. The van der Waals surface area contributed by atoms with Crippen LogP contribution in [0.5, 0.6) is 6.01 Å². The molecule has 0 radical (unpaired) electrons. The van der Waals surface area contributed by atoms with Crippen LogP contribution in [0.2, 0.25) is 0 Å². The van der Waals surface area contributed by atoms with Crippen molar-refractivity contribution in [2.75, 3.05) is 13.1 Å². The highest BCUT2D eigenvalue weighted by Crippen LogP contribution is 2.29. The first kappa shape index (κ1) is 20.5. The number of ether oxygens (including phenoxy) is 1. The Bertz CT molecular complexity index is 918. The maximum Gasteiger partial charge on any atom is 0.433 e. The van der Waals surface area contributed by atoms with Crippen molar-refractivity contribution >= 4 is 10.0 Å². The molecule has 1 fully saturated rings. The first-order valence-corrected chi connectivity index (χ1v) is 10.3. The topological polar surface area (TPSA) is 72.4 Å². The van der Waals surface area contributed by atoms with Crippen LogP contribution in [0.25, 0.3) is 0 Å². The van der Waals surface area contributed by atoms with Crippen LogP contribution in [-0.4, -0.2) is 41.9 Å². The summed E-state index contributed by atoms with van der Waals surface area (Å²) >= 11 is 0. The van der Waals surface area contributed by atoms with Crippen LogP contribution in [0.15, 0.2) is 41.4 Å². The minimum absolute atomic E-state index is 0.0253. The third-order valence-electron chi connectivity index (χ3n) is 4.51. The van der Waals surface area contributed by atoms with Gasteiger partial charge in [0.25, 0.3) is 0 Å². The van der Waals surface area contributed by atoms with Gasteiger partial charge in [0.05, 0.1) is 11.4 Å². The maximum absolute atomic E-state index is 12.9. The predicted octanol–water partition coefficient (Wildman–Crippen LogP) is 3.29. The highest BCUT2D eigenvalue weighted by atomic mass is 32.2. The number of hydrogen-bond donors (Lipinski definition) is 0. The van der Waals surface area contributed by atoms with Gasteiger partial charge in [0.1, 0.15) is 6.10 Å². The van der Waals surface area contributed by atoms with E-state index in [0.29, 0.717) is 19.4 Å². The van der Waals surface area contributed by atoms with Crippen LogP contribution in [0.3, 0.4) is 0 Å². The molecular formula is C18H20F3N3O3S.